The van der Waals surface area contributed by atoms with Gasteiger partial charge in [0.2, 0.25) is 10.0 Å². The molecule has 1 aliphatic carbocycles. The average molecular weight is 577 g/mol. The zero-order valence-corrected chi connectivity index (χ0v) is 24.7. The van der Waals surface area contributed by atoms with Gasteiger partial charge >= 0.3 is 0 Å². The van der Waals surface area contributed by atoms with Crippen molar-refractivity contribution >= 4 is 21.4 Å². The summed E-state index contributed by atoms with van der Waals surface area (Å²) in [5.74, 6) is 1.64. The fraction of sp³-hybridized carbons (Fsp3) is 0.517. The van der Waals surface area contributed by atoms with E-state index < -0.39 is 21.0 Å². The highest BCUT2D eigenvalue weighted by Gasteiger charge is 2.74. The van der Waals surface area contributed by atoms with Crippen LogP contribution in [0.2, 0.25) is 0 Å². The molecule has 216 valence electrons. The van der Waals surface area contributed by atoms with E-state index in [0.29, 0.717) is 30.5 Å². The molecule has 3 aliphatic heterocycles. The number of sulfonamides is 1. The minimum atomic E-state index is -3.36. The lowest BCUT2D eigenvalue weighted by Crippen LogP contribution is -2.56. The van der Waals surface area contributed by atoms with Crippen molar-refractivity contribution in [1.82, 2.24) is 34.5 Å². The second-order valence-electron chi connectivity index (χ2n) is 12.3. The van der Waals surface area contributed by atoms with E-state index in [0.717, 1.165) is 36.4 Å². The summed E-state index contributed by atoms with van der Waals surface area (Å²) >= 11 is 0. The SMILES string of the molecule is CCS(=O)(=O)NCC12COC(c3nc4c(C)cc(N5CC[C@](C)(c6ccccc6)C5)cn4n3)(C1)C2c1n[nH]c(C)n1. The number of H-pyrrole nitrogens is 1. The number of hydrogen-bond acceptors (Lipinski definition) is 8. The molecule has 2 bridgehead atoms. The fourth-order valence-corrected chi connectivity index (χ4v) is 7.90. The maximum absolute atomic E-state index is 12.3. The molecule has 0 radical (unpaired) electrons. The van der Waals surface area contributed by atoms with Gasteiger partial charge in [-0.05, 0) is 50.8 Å². The monoisotopic (exact) mass is 576 g/mol. The van der Waals surface area contributed by atoms with Gasteiger partial charge in [0.25, 0.3) is 0 Å². The smallest absolute Gasteiger partial charge is 0.211 e. The van der Waals surface area contributed by atoms with Crippen molar-refractivity contribution in [2.75, 3.05) is 36.9 Å². The number of aromatic amines is 1. The second-order valence-corrected chi connectivity index (χ2v) is 14.4. The van der Waals surface area contributed by atoms with Crippen molar-refractivity contribution < 1.29 is 13.2 Å². The lowest BCUT2D eigenvalue weighted by Gasteiger charge is -2.49. The van der Waals surface area contributed by atoms with Crippen LogP contribution in [0.15, 0.2) is 42.6 Å². The van der Waals surface area contributed by atoms with Crippen molar-refractivity contribution in [2.45, 2.75) is 57.5 Å². The summed E-state index contributed by atoms with van der Waals surface area (Å²) < 4.78 is 35.7. The van der Waals surface area contributed by atoms with Gasteiger partial charge in [0.1, 0.15) is 11.4 Å². The van der Waals surface area contributed by atoms with Crippen LogP contribution in [0.5, 0.6) is 0 Å². The Hall–Kier alpha value is -3.35. The molecule has 4 aliphatic rings. The van der Waals surface area contributed by atoms with Gasteiger partial charge in [0.05, 0.1) is 30.2 Å². The molecule has 2 N–H and O–H groups in total. The number of aryl methyl sites for hydroxylation is 2. The van der Waals surface area contributed by atoms with E-state index >= 15 is 0 Å². The number of rotatable bonds is 8. The zero-order chi connectivity index (χ0) is 28.6. The predicted octanol–water partition coefficient (Wildman–Crippen LogP) is 2.97. The number of fused-ring (bicyclic) bond motifs is 2. The highest BCUT2D eigenvalue weighted by molar-refractivity contribution is 7.89. The Kier molecular flexibility index (Phi) is 5.87. The zero-order valence-electron chi connectivity index (χ0n) is 23.9. The van der Waals surface area contributed by atoms with Crippen molar-refractivity contribution in [3.05, 3.63) is 71.2 Å². The van der Waals surface area contributed by atoms with E-state index in [1.165, 1.54) is 5.56 Å². The van der Waals surface area contributed by atoms with Crippen molar-refractivity contribution in [1.29, 1.82) is 0 Å². The molecular weight excluding hydrogens is 540 g/mol. The number of aromatic nitrogens is 6. The van der Waals surface area contributed by atoms with Gasteiger partial charge in [0.15, 0.2) is 17.3 Å². The Morgan fingerprint density at radius 2 is 2.00 bits per heavy atom. The number of benzene rings is 1. The highest BCUT2D eigenvalue weighted by atomic mass is 32.2. The van der Waals surface area contributed by atoms with Crippen LogP contribution in [0.1, 0.15) is 61.2 Å². The maximum Gasteiger partial charge on any atom is 0.211 e. The van der Waals surface area contributed by atoms with E-state index in [9.17, 15) is 8.42 Å². The first-order valence-corrected chi connectivity index (χ1v) is 15.9. The summed E-state index contributed by atoms with van der Waals surface area (Å²) in [4.78, 5) is 12.1. The topological polar surface area (TPSA) is 130 Å². The first-order valence-electron chi connectivity index (χ1n) is 14.2. The Morgan fingerprint density at radius 3 is 2.73 bits per heavy atom. The molecular formula is C29H36N8O3S. The number of hydrogen-bond donors (Lipinski definition) is 2. The molecule has 3 unspecified atom stereocenters. The number of anilines is 1. The van der Waals surface area contributed by atoms with E-state index in [1.54, 1.807) is 6.92 Å². The van der Waals surface area contributed by atoms with E-state index in [4.69, 9.17) is 14.8 Å². The molecule has 3 aromatic heterocycles. The van der Waals surface area contributed by atoms with Gasteiger partial charge in [-0.15, -0.1) is 5.10 Å². The molecule has 6 heterocycles. The largest absolute Gasteiger partial charge is 0.369 e. The molecule has 12 heteroatoms. The van der Waals surface area contributed by atoms with E-state index in [1.807, 2.05) is 11.4 Å². The van der Waals surface area contributed by atoms with Crippen molar-refractivity contribution in [2.24, 2.45) is 5.41 Å². The molecule has 1 aromatic carbocycles. The third kappa shape index (κ3) is 4.10. The predicted molar refractivity (Wildman–Crippen MR) is 154 cm³/mol. The second kappa shape index (κ2) is 9.07. The first kappa shape index (κ1) is 26.5. The molecule has 3 saturated heterocycles. The molecule has 4 atom stereocenters. The maximum atomic E-state index is 12.3. The summed E-state index contributed by atoms with van der Waals surface area (Å²) in [7, 11) is -3.36. The third-order valence-electron chi connectivity index (χ3n) is 9.50. The average Bonchev–Trinajstić information content (AvgIpc) is 3.77. The van der Waals surface area contributed by atoms with E-state index in [-0.39, 0.29) is 23.6 Å². The van der Waals surface area contributed by atoms with Crippen LogP contribution in [0.3, 0.4) is 0 Å². The fourth-order valence-electron chi connectivity index (χ4n) is 7.19. The Bertz CT molecular complexity index is 1740. The van der Waals surface area contributed by atoms with Crippen LogP contribution in [-0.2, 0) is 25.8 Å². The van der Waals surface area contributed by atoms with Crippen LogP contribution < -0.4 is 9.62 Å². The van der Waals surface area contributed by atoms with Gasteiger partial charge < -0.3 is 9.64 Å². The van der Waals surface area contributed by atoms with Gasteiger partial charge in [-0.1, -0.05) is 37.3 Å². The highest BCUT2D eigenvalue weighted by Crippen LogP contribution is 2.70. The van der Waals surface area contributed by atoms with Crippen LogP contribution in [-0.4, -0.2) is 70.2 Å². The lowest BCUT2D eigenvalue weighted by atomic mass is 9.53. The number of nitrogens with zero attached hydrogens (tertiary/aromatic N) is 6. The molecule has 8 rings (SSSR count). The summed E-state index contributed by atoms with van der Waals surface area (Å²) in [5, 5.41) is 12.4. The molecule has 1 saturated carbocycles. The summed E-state index contributed by atoms with van der Waals surface area (Å²) in [6.45, 7) is 10.4. The molecule has 0 spiro atoms. The number of pyridine rings is 1. The Labute approximate surface area is 239 Å². The Morgan fingerprint density at radius 1 is 1.20 bits per heavy atom. The van der Waals surface area contributed by atoms with Crippen LogP contribution >= 0.6 is 0 Å². The summed E-state index contributed by atoms with van der Waals surface area (Å²) in [6, 6.07) is 12.9. The van der Waals surface area contributed by atoms with Gasteiger partial charge in [-0.3, -0.25) is 5.10 Å². The third-order valence-corrected chi connectivity index (χ3v) is 10.8. The standard InChI is InChI=1S/C29H36N8O3S/c1-5-41(38,39)30-16-28-15-29(40-18-28,23(28)24-31-20(3)33-34-24)26-32-25-19(2)13-22(14-37(25)35-26)36-12-11-27(4,17-36)21-9-7-6-8-10-21/h6-10,13-14,23,30H,5,11-12,15-18H2,1-4H3,(H,31,33,34)/t23?,27-,28?,29?/m0/s1. The minimum Gasteiger partial charge on any atom is -0.369 e. The van der Waals surface area contributed by atoms with E-state index in [2.05, 4.69) is 81.2 Å². The molecule has 11 nitrogen and oxygen atoms in total. The first-order chi connectivity index (χ1) is 19.6. The van der Waals surface area contributed by atoms with Gasteiger partial charge in [0, 0.05) is 30.5 Å². The van der Waals surface area contributed by atoms with Crippen LogP contribution in [0.4, 0.5) is 5.69 Å². The minimum absolute atomic E-state index is 0.0244. The molecule has 4 aromatic rings. The summed E-state index contributed by atoms with van der Waals surface area (Å²) in [6.07, 6.45) is 3.73. The lowest BCUT2D eigenvalue weighted by molar-refractivity contribution is -0.0563. The Balaban J connectivity index is 1.21. The molecule has 0 amide bonds. The molecule has 4 fully saturated rings. The number of ether oxygens (including phenoxy) is 1. The quantitative estimate of drug-likeness (QED) is 0.328. The van der Waals surface area contributed by atoms with Crippen LogP contribution in [0.25, 0.3) is 5.65 Å². The van der Waals surface area contributed by atoms with Crippen LogP contribution in [0, 0.1) is 19.3 Å². The molecule has 41 heavy (non-hydrogen) atoms. The van der Waals surface area contributed by atoms with Gasteiger partial charge in [-0.25, -0.2) is 27.6 Å². The summed E-state index contributed by atoms with van der Waals surface area (Å²) in [5.41, 5.74) is 3.11. The van der Waals surface area contributed by atoms with Crippen molar-refractivity contribution in [3.8, 4) is 0 Å². The normalized spacial score (nSPS) is 29.4. The van der Waals surface area contributed by atoms with Crippen molar-refractivity contribution in [3.63, 3.8) is 0 Å². The number of nitrogens with one attached hydrogen (secondary N) is 2. The van der Waals surface area contributed by atoms with Gasteiger partial charge in [-0.2, -0.15) is 5.10 Å².